The van der Waals surface area contributed by atoms with Gasteiger partial charge in [0.05, 0.1) is 12.7 Å². The molecule has 0 spiro atoms. The second-order valence-electron chi connectivity index (χ2n) is 5.58. The number of hydrogen-bond donors (Lipinski definition) is 2. The monoisotopic (exact) mass is 361 g/mol. The summed E-state index contributed by atoms with van der Waals surface area (Å²) in [6, 6.07) is 15.6. The Morgan fingerprint density at radius 1 is 1.25 bits per heavy atom. The fourth-order valence-electron chi connectivity index (χ4n) is 2.33. The molecule has 0 saturated heterocycles. The summed E-state index contributed by atoms with van der Waals surface area (Å²) in [5.74, 6) is 0.822. The number of quaternary nitrogens is 1. The second kappa shape index (κ2) is 9.52. The molecular weight excluding hydrogens is 340 g/mol. The van der Waals surface area contributed by atoms with Crippen LogP contribution >= 0.6 is 23.4 Å². The maximum atomic E-state index is 12.3. The minimum absolute atomic E-state index is 0.00752. The summed E-state index contributed by atoms with van der Waals surface area (Å²) in [6.45, 7) is 4.91. The van der Waals surface area contributed by atoms with Crippen molar-refractivity contribution in [2.24, 2.45) is 0 Å². The highest BCUT2D eigenvalue weighted by Gasteiger charge is 2.12. The zero-order chi connectivity index (χ0) is 17.4. The second-order valence-corrected chi connectivity index (χ2v) is 7.08. The van der Waals surface area contributed by atoms with Crippen LogP contribution in [0.25, 0.3) is 0 Å². The van der Waals surface area contributed by atoms with Crippen LogP contribution in [-0.2, 0) is 11.3 Å². The molecule has 126 valence electrons. The van der Waals surface area contributed by atoms with Crippen molar-refractivity contribution in [3.8, 4) is 0 Å². The number of hydrogen-bond acceptors (Lipinski definition) is 2. The SMILES string of the molecule is C=CCSc1ccccc1NC(=O)C[NH+](C)Cc1ccc(Cl)cc1. The van der Waals surface area contributed by atoms with E-state index in [9.17, 15) is 4.79 Å². The van der Waals surface area contributed by atoms with Gasteiger partial charge < -0.3 is 10.2 Å². The van der Waals surface area contributed by atoms with Crippen LogP contribution in [0.15, 0.2) is 66.1 Å². The molecule has 1 amide bonds. The van der Waals surface area contributed by atoms with Crippen LogP contribution in [0.5, 0.6) is 0 Å². The number of carbonyl (C=O) groups is 1. The van der Waals surface area contributed by atoms with Gasteiger partial charge in [0.25, 0.3) is 5.91 Å². The third kappa shape index (κ3) is 6.04. The van der Waals surface area contributed by atoms with Crippen LogP contribution in [0.3, 0.4) is 0 Å². The Morgan fingerprint density at radius 3 is 2.67 bits per heavy atom. The first-order valence-corrected chi connectivity index (χ1v) is 9.13. The number of rotatable bonds is 8. The average Bonchev–Trinajstić information content (AvgIpc) is 2.56. The lowest BCUT2D eigenvalue weighted by Crippen LogP contribution is -3.08. The van der Waals surface area contributed by atoms with Crippen LogP contribution in [0, 0.1) is 0 Å². The first-order chi connectivity index (χ1) is 11.6. The zero-order valence-electron chi connectivity index (χ0n) is 13.7. The minimum Gasteiger partial charge on any atom is -0.326 e. The molecule has 3 nitrogen and oxygen atoms in total. The van der Waals surface area contributed by atoms with E-state index in [1.165, 1.54) is 0 Å². The van der Waals surface area contributed by atoms with E-state index < -0.39 is 0 Å². The van der Waals surface area contributed by atoms with E-state index in [-0.39, 0.29) is 5.91 Å². The van der Waals surface area contributed by atoms with E-state index >= 15 is 0 Å². The van der Waals surface area contributed by atoms with Gasteiger partial charge in [-0.25, -0.2) is 0 Å². The molecule has 0 aliphatic rings. The lowest BCUT2D eigenvalue weighted by molar-refractivity contribution is -0.885. The molecule has 0 bridgehead atoms. The number of nitrogens with one attached hydrogen (secondary N) is 2. The molecular formula is C19H22ClN2OS+. The summed E-state index contributed by atoms with van der Waals surface area (Å²) >= 11 is 7.55. The number of carbonyl (C=O) groups excluding carboxylic acids is 1. The summed E-state index contributed by atoms with van der Waals surface area (Å²) in [4.78, 5) is 14.5. The topological polar surface area (TPSA) is 33.5 Å². The first kappa shape index (κ1) is 18.6. The van der Waals surface area contributed by atoms with Crippen molar-refractivity contribution in [2.45, 2.75) is 11.4 Å². The molecule has 1 unspecified atom stereocenters. The largest absolute Gasteiger partial charge is 0.326 e. The van der Waals surface area contributed by atoms with Crippen molar-refractivity contribution >= 4 is 35.0 Å². The molecule has 0 aliphatic carbocycles. The third-order valence-electron chi connectivity index (χ3n) is 3.40. The molecule has 0 heterocycles. The van der Waals surface area contributed by atoms with Crippen molar-refractivity contribution in [1.82, 2.24) is 0 Å². The van der Waals surface area contributed by atoms with Gasteiger partial charge in [-0.2, -0.15) is 0 Å². The highest BCUT2D eigenvalue weighted by molar-refractivity contribution is 7.99. The van der Waals surface area contributed by atoms with Crippen LogP contribution in [-0.4, -0.2) is 25.3 Å². The fourth-order valence-corrected chi connectivity index (χ4v) is 3.20. The quantitative estimate of drug-likeness (QED) is 0.559. The predicted octanol–water partition coefficient (Wildman–Crippen LogP) is 3.27. The summed E-state index contributed by atoms with van der Waals surface area (Å²) in [7, 11) is 2.01. The zero-order valence-corrected chi connectivity index (χ0v) is 15.3. The summed E-state index contributed by atoms with van der Waals surface area (Å²) in [5, 5.41) is 3.73. The molecule has 0 radical (unpaired) electrons. The van der Waals surface area contributed by atoms with E-state index in [1.54, 1.807) is 11.8 Å². The van der Waals surface area contributed by atoms with Gasteiger partial charge in [-0.15, -0.1) is 18.3 Å². The number of thioether (sulfide) groups is 1. The summed E-state index contributed by atoms with van der Waals surface area (Å²) in [5.41, 5.74) is 2.01. The summed E-state index contributed by atoms with van der Waals surface area (Å²) < 4.78 is 0. The Balaban J connectivity index is 1.90. The molecule has 2 aromatic rings. The Morgan fingerprint density at radius 2 is 1.96 bits per heavy atom. The Kier molecular flexibility index (Phi) is 7.37. The molecule has 2 aromatic carbocycles. The maximum absolute atomic E-state index is 12.3. The molecule has 0 aromatic heterocycles. The van der Waals surface area contributed by atoms with Crippen molar-refractivity contribution in [2.75, 3.05) is 24.7 Å². The highest BCUT2D eigenvalue weighted by atomic mass is 35.5. The fraction of sp³-hybridized carbons (Fsp3) is 0.211. The van der Waals surface area contributed by atoms with E-state index in [2.05, 4.69) is 11.9 Å². The van der Waals surface area contributed by atoms with Gasteiger partial charge >= 0.3 is 0 Å². The van der Waals surface area contributed by atoms with Gasteiger partial charge in [0.2, 0.25) is 0 Å². The molecule has 24 heavy (non-hydrogen) atoms. The molecule has 1 atom stereocenters. The van der Waals surface area contributed by atoms with Gasteiger partial charge in [-0.3, -0.25) is 4.79 Å². The van der Waals surface area contributed by atoms with Gasteiger partial charge in [0.15, 0.2) is 6.54 Å². The Hall–Kier alpha value is -1.75. The minimum atomic E-state index is 0.00752. The number of amides is 1. The van der Waals surface area contributed by atoms with Crippen molar-refractivity contribution in [3.63, 3.8) is 0 Å². The molecule has 0 aliphatic heterocycles. The normalized spacial score (nSPS) is 11.8. The van der Waals surface area contributed by atoms with Crippen LogP contribution in [0.1, 0.15) is 5.56 Å². The number of benzene rings is 2. The standard InChI is InChI=1S/C19H21ClN2OS/c1-3-12-24-18-7-5-4-6-17(18)21-19(23)14-22(2)13-15-8-10-16(20)11-9-15/h3-11H,1,12-14H2,2H3,(H,21,23)/p+1. The van der Waals surface area contributed by atoms with Crippen molar-refractivity contribution < 1.29 is 9.69 Å². The maximum Gasteiger partial charge on any atom is 0.279 e. The average molecular weight is 362 g/mol. The van der Waals surface area contributed by atoms with Crippen molar-refractivity contribution in [1.29, 1.82) is 0 Å². The van der Waals surface area contributed by atoms with E-state index in [1.807, 2.05) is 61.7 Å². The first-order valence-electron chi connectivity index (χ1n) is 7.77. The third-order valence-corrected chi connectivity index (χ3v) is 4.72. The molecule has 2 N–H and O–H groups in total. The number of halogens is 1. The van der Waals surface area contributed by atoms with Gasteiger partial charge in [0, 0.05) is 21.2 Å². The van der Waals surface area contributed by atoms with E-state index in [0.717, 1.165) is 38.4 Å². The van der Waals surface area contributed by atoms with Gasteiger partial charge in [-0.05, 0) is 24.3 Å². The van der Waals surface area contributed by atoms with Crippen LogP contribution in [0.2, 0.25) is 5.02 Å². The lowest BCUT2D eigenvalue weighted by Gasteiger charge is -2.15. The van der Waals surface area contributed by atoms with E-state index in [4.69, 9.17) is 11.6 Å². The molecule has 0 saturated carbocycles. The highest BCUT2D eigenvalue weighted by Crippen LogP contribution is 2.26. The number of likely N-dealkylation sites (N-methyl/N-ethyl adjacent to an activating group) is 1. The predicted molar refractivity (Wildman–Crippen MR) is 103 cm³/mol. The molecule has 5 heteroatoms. The van der Waals surface area contributed by atoms with E-state index in [0.29, 0.717) is 6.54 Å². The van der Waals surface area contributed by atoms with Gasteiger partial charge in [-0.1, -0.05) is 41.9 Å². The smallest absolute Gasteiger partial charge is 0.279 e. The Bertz CT molecular complexity index is 688. The number of para-hydroxylation sites is 1. The van der Waals surface area contributed by atoms with Gasteiger partial charge in [0.1, 0.15) is 6.54 Å². The summed E-state index contributed by atoms with van der Waals surface area (Å²) in [6.07, 6.45) is 1.85. The molecule has 0 fully saturated rings. The number of anilines is 1. The van der Waals surface area contributed by atoms with Crippen LogP contribution < -0.4 is 10.2 Å². The Labute approximate surface area is 152 Å². The molecule has 2 rings (SSSR count). The van der Waals surface area contributed by atoms with Crippen molar-refractivity contribution in [3.05, 3.63) is 71.8 Å². The lowest BCUT2D eigenvalue weighted by atomic mass is 10.2. The van der Waals surface area contributed by atoms with Crippen LogP contribution in [0.4, 0.5) is 5.69 Å².